The molecule has 0 atom stereocenters. The van der Waals surface area contributed by atoms with Crippen molar-refractivity contribution >= 4 is 0 Å². The maximum Gasteiger partial charge on any atom is 0.0700 e. The molecule has 0 spiro atoms. The van der Waals surface area contributed by atoms with Crippen LogP contribution in [-0.2, 0) is 15.9 Å². The van der Waals surface area contributed by atoms with Crippen molar-refractivity contribution in [1.29, 1.82) is 0 Å². The Kier molecular flexibility index (Phi) is 5.22. The minimum Gasteiger partial charge on any atom is -0.382 e. The van der Waals surface area contributed by atoms with E-state index in [2.05, 4.69) is 12.1 Å². The van der Waals surface area contributed by atoms with E-state index in [0.29, 0.717) is 13.2 Å². The van der Waals surface area contributed by atoms with Gasteiger partial charge in [-0.2, -0.15) is 0 Å². The van der Waals surface area contributed by atoms with E-state index in [4.69, 9.17) is 9.47 Å². The Morgan fingerprint density at radius 1 is 1.31 bits per heavy atom. The van der Waals surface area contributed by atoms with Crippen molar-refractivity contribution in [3.8, 4) is 0 Å². The molecule has 71 valence electrons. The molecule has 13 heavy (non-hydrogen) atoms. The first-order chi connectivity index (χ1) is 6.43. The van der Waals surface area contributed by atoms with Crippen LogP contribution in [0.5, 0.6) is 0 Å². The lowest BCUT2D eigenvalue weighted by Crippen LogP contribution is -2.04. The molecule has 1 aromatic carbocycles. The van der Waals surface area contributed by atoms with E-state index < -0.39 is 0 Å². The van der Waals surface area contributed by atoms with Crippen molar-refractivity contribution in [3.05, 3.63) is 35.9 Å². The Bertz CT molecular complexity index is 209. The van der Waals surface area contributed by atoms with Gasteiger partial charge in [0.2, 0.25) is 0 Å². The highest BCUT2D eigenvalue weighted by atomic mass is 16.5. The monoisotopic (exact) mass is 179 g/mol. The van der Waals surface area contributed by atoms with Crippen LogP contribution in [-0.4, -0.2) is 26.9 Å². The van der Waals surface area contributed by atoms with Gasteiger partial charge in [0.05, 0.1) is 19.8 Å². The van der Waals surface area contributed by atoms with E-state index in [1.807, 2.05) is 18.2 Å². The number of methoxy groups -OCH3 is 1. The number of hydrogen-bond donors (Lipinski definition) is 0. The van der Waals surface area contributed by atoms with Gasteiger partial charge in [-0.3, -0.25) is 0 Å². The zero-order valence-electron chi connectivity index (χ0n) is 7.95. The minimum atomic E-state index is 0.668. The van der Waals surface area contributed by atoms with Crippen molar-refractivity contribution in [2.45, 2.75) is 6.42 Å². The van der Waals surface area contributed by atoms with Crippen LogP contribution in [0.15, 0.2) is 24.3 Å². The van der Waals surface area contributed by atoms with Crippen LogP contribution in [0.2, 0.25) is 0 Å². The fraction of sp³-hybridized carbons (Fsp3) is 0.455. The molecule has 1 radical (unpaired) electrons. The molecule has 0 bridgehead atoms. The zero-order chi connectivity index (χ0) is 9.36. The second kappa shape index (κ2) is 6.63. The predicted octanol–water partition coefficient (Wildman–Crippen LogP) is 1.69. The predicted molar refractivity (Wildman–Crippen MR) is 51.7 cm³/mol. The maximum atomic E-state index is 5.34. The molecule has 0 saturated heterocycles. The molecule has 0 aromatic heterocycles. The van der Waals surface area contributed by atoms with Gasteiger partial charge in [-0.25, -0.2) is 0 Å². The second-order valence-electron chi connectivity index (χ2n) is 2.77. The van der Waals surface area contributed by atoms with Crippen LogP contribution in [0.1, 0.15) is 5.56 Å². The molecule has 0 aliphatic heterocycles. The van der Waals surface area contributed by atoms with Crippen molar-refractivity contribution in [1.82, 2.24) is 0 Å². The van der Waals surface area contributed by atoms with Gasteiger partial charge >= 0.3 is 0 Å². The topological polar surface area (TPSA) is 18.5 Å². The summed E-state index contributed by atoms with van der Waals surface area (Å²) in [6, 6.07) is 11.0. The first-order valence-corrected chi connectivity index (χ1v) is 4.45. The summed E-state index contributed by atoms with van der Waals surface area (Å²) in [6.45, 7) is 2.09. The zero-order valence-corrected chi connectivity index (χ0v) is 7.95. The van der Waals surface area contributed by atoms with E-state index in [0.717, 1.165) is 13.0 Å². The summed E-state index contributed by atoms with van der Waals surface area (Å²) < 4.78 is 10.2. The first kappa shape index (κ1) is 10.2. The molecule has 1 aromatic rings. The summed E-state index contributed by atoms with van der Waals surface area (Å²) in [4.78, 5) is 0. The Morgan fingerprint density at radius 2 is 2.23 bits per heavy atom. The molecule has 0 fully saturated rings. The minimum absolute atomic E-state index is 0.668. The molecule has 1 rings (SSSR count). The molecule has 0 saturated carbocycles. The Hall–Kier alpha value is -0.860. The molecular formula is C11H15O2. The van der Waals surface area contributed by atoms with Crippen LogP contribution < -0.4 is 0 Å². The first-order valence-electron chi connectivity index (χ1n) is 4.45. The lowest BCUT2D eigenvalue weighted by Gasteiger charge is -2.02. The Balaban J connectivity index is 2.07. The molecule has 2 heteroatoms. The third-order valence-corrected chi connectivity index (χ3v) is 1.74. The molecule has 0 amide bonds. The molecule has 2 nitrogen and oxygen atoms in total. The van der Waals surface area contributed by atoms with Crippen LogP contribution in [0.3, 0.4) is 0 Å². The van der Waals surface area contributed by atoms with Crippen LogP contribution in [0.4, 0.5) is 0 Å². The highest BCUT2D eigenvalue weighted by Crippen LogP contribution is 1.98. The Labute approximate surface area is 79.5 Å². The van der Waals surface area contributed by atoms with E-state index in [1.165, 1.54) is 5.56 Å². The van der Waals surface area contributed by atoms with Gasteiger partial charge in [-0.05, 0) is 18.1 Å². The fourth-order valence-electron chi connectivity index (χ4n) is 1.02. The van der Waals surface area contributed by atoms with Gasteiger partial charge in [0.1, 0.15) is 0 Å². The normalized spacial score (nSPS) is 10.2. The van der Waals surface area contributed by atoms with E-state index in [9.17, 15) is 0 Å². The molecule has 0 heterocycles. The third-order valence-electron chi connectivity index (χ3n) is 1.74. The smallest absolute Gasteiger partial charge is 0.0700 e. The van der Waals surface area contributed by atoms with Crippen molar-refractivity contribution in [2.24, 2.45) is 0 Å². The van der Waals surface area contributed by atoms with E-state index >= 15 is 0 Å². The highest BCUT2D eigenvalue weighted by molar-refractivity contribution is 5.13. The van der Waals surface area contributed by atoms with Crippen molar-refractivity contribution in [2.75, 3.05) is 26.9 Å². The largest absolute Gasteiger partial charge is 0.382 e. The molecular weight excluding hydrogens is 164 g/mol. The summed E-state index contributed by atoms with van der Waals surface area (Å²) in [6.07, 6.45) is 0.945. The highest BCUT2D eigenvalue weighted by Gasteiger charge is 1.91. The van der Waals surface area contributed by atoms with Gasteiger partial charge in [0.25, 0.3) is 0 Å². The van der Waals surface area contributed by atoms with Gasteiger partial charge in [0, 0.05) is 7.11 Å². The maximum absolute atomic E-state index is 5.34. The molecule has 0 aliphatic rings. The fourth-order valence-corrected chi connectivity index (χ4v) is 1.02. The number of ether oxygens (including phenoxy) is 2. The van der Waals surface area contributed by atoms with Gasteiger partial charge in [-0.1, -0.05) is 24.3 Å². The van der Waals surface area contributed by atoms with Gasteiger partial charge in [0.15, 0.2) is 0 Å². The quantitative estimate of drug-likeness (QED) is 0.619. The average molecular weight is 179 g/mol. The van der Waals surface area contributed by atoms with Crippen molar-refractivity contribution < 1.29 is 9.47 Å². The second-order valence-corrected chi connectivity index (χ2v) is 2.77. The number of rotatable bonds is 6. The number of benzene rings is 1. The summed E-state index contributed by atoms with van der Waals surface area (Å²) in [5.74, 6) is 0. The molecule has 0 N–H and O–H groups in total. The lowest BCUT2D eigenvalue weighted by atomic mass is 10.2. The Morgan fingerprint density at radius 3 is 2.92 bits per heavy atom. The van der Waals surface area contributed by atoms with E-state index in [1.54, 1.807) is 7.11 Å². The molecule has 0 aliphatic carbocycles. The van der Waals surface area contributed by atoms with Crippen molar-refractivity contribution in [3.63, 3.8) is 0 Å². The van der Waals surface area contributed by atoms with Crippen LogP contribution in [0, 0.1) is 6.07 Å². The summed E-state index contributed by atoms with van der Waals surface area (Å²) in [5, 5.41) is 0. The lowest BCUT2D eigenvalue weighted by molar-refractivity contribution is 0.0722. The summed E-state index contributed by atoms with van der Waals surface area (Å²) >= 11 is 0. The van der Waals surface area contributed by atoms with Gasteiger partial charge in [-0.15, -0.1) is 0 Å². The number of hydrogen-bond acceptors (Lipinski definition) is 2. The third kappa shape index (κ3) is 4.65. The molecule has 0 unspecified atom stereocenters. The van der Waals surface area contributed by atoms with Gasteiger partial charge < -0.3 is 9.47 Å². The average Bonchev–Trinajstić information content (AvgIpc) is 2.19. The van der Waals surface area contributed by atoms with E-state index in [-0.39, 0.29) is 0 Å². The standard InChI is InChI=1S/C11H15O2/c1-12-9-10-13-8-7-11-5-3-2-4-6-11/h2-3,5-6H,7-10H2,1H3. The SMILES string of the molecule is COCCOCCc1c[c]ccc1. The van der Waals surface area contributed by atoms with Crippen LogP contribution >= 0.6 is 0 Å². The summed E-state index contributed by atoms with van der Waals surface area (Å²) in [5.41, 5.74) is 1.26. The van der Waals surface area contributed by atoms with Crippen LogP contribution in [0.25, 0.3) is 0 Å². The summed E-state index contributed by atoms with van der Waals surface area (Å²) in [7, 11) is 1.68.